The van der Waals surface area contributed by atoms with Crippen molar-refractivity contribution in [3.63, 3.8) is 0 Å². The molecule has 5 heteroatoms. The van der Waals surface area contributed by atoms with Gasteiger partial charge in [-0.05, 0) is 43.1 Å². The number of hydrogen-bond donors (Lipinski definition) is 1. The third-order valence-corrected chi connectivity index (χ3v) is 4.50. The van der Waals surface area contributed by atoms with Crippen molar-refractivity contribution in [2.24, 2.45) is 5.92 Å². The summed E-state index contributed by atoms with van der Waals surface area (Å²) in [5.41, 5.74) is 3.46. The summed E-state index contributed by atoms with van der Waals surface area (Å²) >= 11 is 0. The van der Waals surface area contributed by atoms with Gasteiger partial charge in [0.25, 0.3) is 0 Å². The first-order valence-electron chi connectivity index (χ1n) is 7.38. The second-order valence-electron chi connectivity index (χ2n) is 6.00. The van der Waals surface area contributed by atoms with Gasteiger partial charge in [-0.2, -0.15) is 0 Å². The van der Waals surface area contributed by atoms with E-state index < -0.39 is 11.9 Å². The van der Waals surface area contributed by atoms with Crippen LogP contribution in [0.15, 0.2) is 18.2 Å². The van der Waals surface area contributed by atoms with Gasteiger partial charge in [-0.1, -0.05) is 6.07 Å². The summed E-state index contributed by atoms with van der Waals surface area (Å²) in [5, 5.41) is 9.07. The van der Waals surface area contributed by atoms with E-state index in [2.05, 4.69) is 24.1 Å². The third-order valence-electron chi connectivity index (χ3n) is 4.50. The molecule has 2 heterocycles. The lowest BCUT2D eigenvalue weighted by atomic mass is 10.0. The Bertz CT molecular complexity index is 585. The zero-order chi connectivity index (χ0) is 15.0. The number of aliphatic carboxylic acids is 1. The number of carboxylic acids is 1. The molecule has 1 unspecified atom stereocenters. The number of carbonyl (C=O) groups is 2. The monoisotopic (exact) mass is 288 g/mol. The van der Waals surface area contributed by atoms with Gasteiger partial charge in [-0.3, -0.25) is 9.59 Å². The van der Waals surface area contributed by atoms with Crippen LogP contribution in [-0.2, 0) is 22.4 Å². The van der Waals surface area contributed by atoms with Crippen molar-refractivity contribution in [1.29, 1.82) is 0 Å². The number of amides is 1. The first-order chi connectivity index (χ1) is 10.0. The normalized spacial score (nSPS) is 23.0. The van der Waals surface area contributed by atoms with Crippen molar-refractivity contribution in [3.05, 3.63) is 29.3 Å². The van der Waals surface area contributed by atoms with E-state index in [0.717, 1.165) is 31.6 Å². The summed E-state index contributed by atoms with van der Waals surface area (Å²) in [7, 11) is 2.12. The number of hydrogen-bond acceptors (Lipinski definition) is 3. The zero-order valence-corrected chi connectivity index (χ0v) is 12.2. The van der Waals surface area contributed by atoms with Gasteiger partial charge in [0.1, 0.15) is 0 Å². The van der Waals surface area contributed by atoms with Crippen molar-refractivity contribution in [3.8, 4) is 0 Å². The molecule has 1 aromatic carbocycles. The Balaban J connectivity index is 1.84. The minimum atomic E-state index is -0.887. The van der Waals surface area contributed by atoms with E-state index in [1.54, 1.807) is 4.90 Å². The SMILES string of the molecule is CN1CCc2ccc(N3CC(C(=O)O)CC3=O)cc2CC1. The molecule has 1 aromatic rings. The molecular formula is C16H20N2O3. The second kappa shape index (κ2) is 5.48. The van der Waals surface area contributed by atoms with Gasteiger partial charge >= 0.3 is 5.97 Å². The van der Waals surface area contributed by atoms with Crippen molar-refractivity contribution in [1.82, 2.24) is 4.90 Å². The molecule has 2 aliphatic heterocycles. The van der Waals surface area contributed by atoms with Gasteiger partial charge in [-0.15, -0.1) is 0 Å². The molecule has 21 heavy (non-hydrogen) atoms. The predicted octanol–water partition coefficient (Wildman–Crippen LogP) is 1.15. The lowest BCUT2D eigenvalue weighted by Gasteiger charge is -2.18. The van der Waals surface area contributed by atoms with Crippen LogP contribution in [0.4, 0.5) is 5.69 Å². The van der Waals surface area contributed by atoms with E-state index in [1.165, 1.54) is 11.1 Å². The van der Waals surface area contributed by atoms with Gasteiger partial charge < -0.3 is 14.9 Å². The number of nitrogens with zero attached hydrogens (tertiary/aromatic N) is 2. The van der Waals surface area contributed by atoms with E-state index in [0.29, 0.717) is 0 Å². The molecular weight excluding hydrogens is 268 g/mol. The molecule has 1 amide bonds. The lowest BCUT2D eigenvalue weighted by Crippen LogP contribution is -2.26. The molecule has 1 atom stereocenters. The Morgan fingerprint density at radius 2 is 1.95 bits per heavy atom. The fourth-order valence-electron chi connectivity index (χ4n) is 3.11. The van der Waals surface area contributed by atoms with E-state index >= 15 is 0 Å². The molecule has 1 fully saturated rings. The number of carbonyl (C=O) groups excluding carboxylic acids is 1. The van der Waals surface area contributed by atoms with Crippen LogP contribution < -0.4 is 4.90 Å². The van der Waals surface area contributed by atoms with Gasteiger partial charge in [0.15, 0.2) is 0 Å². The molecule has 0 bridgehead atoms. The Morgan fingerprint density at radius 3 is 2.62 bits per heavy atom. The largest absolute Gasteiger partial charge is 0.481 e. The summed E-state index contributed by atoms with van der Waals surface area (Å²) in [4.78, 5) is 27.0. The summed E-state index contributed by atoms with van der Waals surface area (Å²) < 4.78 is 0. The van der Waals surface area contributed by atoms with Crippen molar-refractivity contribution in [2.45, 2.75) is 19.3 Å². The Hall–Kier alpha value is -1.88. The molecule has 2 aliphatic rings. The fraction of sp³-hybridized carbons (Fsp3) is 0.500. The Morgan fingerprint density at radius 1 is 1.24 bits per heavy atom. The number of carboxylic acid groups (broad SMARTS) is 1. The van der Waals surface area contributed by atoms with E-state index in [1.807, 2.05) is 6.07 Å². The number of likely N-dealkylation sites (N-methyl/N-ethyl adjacent to an activating group) is 1. The average molecular weight is 288 g/mol. The smallest absolute Gasteiger partial charge is 0.308 e. The molecule has 5 nitrogen and oxygen atoms in total. The molecule has 3 rings (SSSR count). The van der Waals surface area contributed by atoms with E-state index in [4.69, 9.17) is 5.11 Å². The maximum Gasteiger partial charge on any atom is 0.308 e. The Labute approximate surface area is 124 Å². The van der Waals surface area contributed by atoms with Crippen LogP contribution >= 0.6 is 0 Å². The molecule has 0 radical (unpaired) electrons. The first-order valence-corrected chi connectivity index (χ1v) is 7.38. The second-order valence-corrected chi connectivity index (χ2v) is 6.00. The molecule has 0 spiro atoms. The molecule has 1 saturated heterocycles. The van der Waals surface area contributed by atoms with E-state index in [-0.39, 0.29) is 18.9 Å². The van der Waals surface area contributed by atoms with E-state index in [9.17, 15) is 9.59 Å². The highest BCUT2D eigenvalue weighted by Crippen LogP contribution is 2.28. The topological polar surface area (TPSA) is 60.9 Å². The minimum absolute atomic E-state index is 0.0897. The molecule has 0 aromatic heterocycles. The molecule has 0 saturated carbocycles. The van der Waals surface area contributed by atoms with Gasteiger partial charge in [0.05, 0.1) is 5.92 Å². The first kappa shape index (κ1) is 14.1. The van der Waals surface area contributed by atoms with Crippen molar-refractivity contribution in [2.75, 3.05) is 31.6 Å². The summed E-state index contributed by atoms with van der Waals surface area (Å²) in [6.45, 7) is 2.35. The van der Waals surface area contributed by atoms with Crippen molar-refractivity contribution >= 4 is 17.6 Å². The number of anilines is 1. The Kier molecular flexibility index (Phi) is 3.68. The molecule has 112 valence electrons. The molecule has 1 N–H and O–H groups in total. The molecule has 0 aliphatic carbocycles. The maximum atomic E-state index is 12.0. The highest BCUT2D eigenvalue weighted by atomic mass is 16.4. The fourth-order valence-corrected chi connectivity index (χ4v) is 3.11. The quantitative estimate of drug-likeness (QED) is 0.887. The third kappa shape index (κ3) is 2.78. The van der Waals surface area contributed by atoms with Crippen LogP contribution in [0.2, 0.25) is 0 Å². The van der Waals surface area contributed by atoms with Crippen molar-refractivity contribution < 1.29 is 14.7 Å². The summed E-state index contributed by atoms with van der Waals surface area (Å²) in [6, 6.07) is 6.11. The van der Waals surface area contributed by atoms with Crippen LogP contribution in [0.3, 0.4) is 0 Å². The van der Waals surface area contributed by atoms with Gasteiger partial charge in [0.2, 0.25) is 5.91 Å². The van der Waals surface area contributed by atoms with Crippen LogP contribution in [0.1, 0.15) is 17.5 Å². The predicted molar refractivity (Wildman–Crippen MR) is 79.4 cm³/mol. The standard InChI is InChI=1S/C16H20N2O3/c1-17-6-4-11-2-3-14(8-12(11)5-7-17)18-10-13(16(20)21)9-15(18)19/h2-3,8,13H,4-7,9-10H2,1H3,(H,20,21). The average Bonchev–Trinajstić information content (AvgIpc) is 2.75. The van der Waals surface area contributed by atoms with Gasteiger partial charge in [-0.25, -0.2) is 0 Å². The van der Waals surface area contributed by atoms with Crippen LogP contribution in [-0.4, -0.2) is 48.6 Å². The lowest BCUT2D eigenvalue weighted by molar-refractivity contribution is -0.141. The highest BCUT2D eigenvalue weighted by molar-refractivity contribution is 5.99. The summed E-state index contributed by atoms with van der Waals surface area (Å²) in [5.74, 6) is -1.56. The highest BCUT2D eigenvalue weighted by Gasteiger charge is 2.35. The number of rotatable bonds is 2. The zero-order valence-electron chi connectivity index (χ0n) is 12.2. The minimum Gasteiger partial charge on any atom is -0.481 e. The maximum absolute atomic E-state index is 12.0. The number of fused-ring (bicyclic) bond motifs is 1. The van der Waals surface area contributed by atoms with Crippen LogP contribution in [0.25, 0.3) is 0 Å². The van der Waals surface area contributed by atoms with Crippen LogP contribution in [0, 0.1) is 5.92 Å². The summed E-state index contributed by atoms with van der Waals surface area (Å²) in [6.07, 6.45) is 2.11. The number of benzene rings is 1. The van der Waals surface area contributed by atoms with Gasteiger partial charge in [0, 0.05) is 31.7 Å². The van der Waals surface area contributed by atoms with Crippen LogP contribution in [0.5, 0.6) is 0 Å².